The summed E-state index contributed by atoms with van der Waals surface area (Å²) >= 11 is 5.97. The second-order valence-electron chi connectivity index (χ2n) is 6.54. The van der Waals surface area contributed by atoms with Crippen molar-refractivity contribution in [1.82, 2.24) is 9.80 Å². The maximum atomic E-state index is 12.5. The number of carboxylic acid groups (broad SMARTS) is 2. The Kier molecular flexibility index (Phi) is 8.64. The molecule has 1 saturated heterocycles. The van der Waals surface area contributed by atoms with E-state index in [0.29, 0.717) is 10.6 Å². The fourth-order valence-corrected chi connectivity index (χ4v) is 3.09. The largest absolute Gasteiger partial charge is 0.497 e. The summed E-state index contributed by atoms with van der Waals surface area (Å²) in [6, 6.07) is 15.3. The molecule has 2 aromatic rings. The van der Waals surface area contributed by atoms with Crippen molar-refractivity contribution in [3.05, 3.63) is 64.7 Å². The minimum Gasteiger partial charge on any atom is -0.497 e. The number of piperazine rings is 1. The predicted molar refractivity (Wildman–Crippen MR) is 111 cm³/mol. The number of rotatable bonds is 4. The van der Waals surface area contributed by atoms with Gasteiger partial charge in [0.15, 0.2) is 0 Å². The molecule has 30 heavy (non-hydrogen) atoms. The molecule has 0 unspecified atom stereocenters. The van der Waals surface area contributed by atoms with Crippen LogP contribution in [-0.2, 0) is 16.1 Å². The Hall–Kier alpha value is -3.10. The summed E-state index contributed by atoms with van der Waals surface area (Å²) in [7, 11) is 1.67. The van der Waals surface area contributed by atoms with Crippen LogP contribution in [0, 0.1) is 0 Å². The van der Waals surface area contributed by atoms with Gasteiger partial charge in [0.1, 0.15) is 5.75 Å². The molecular formula is C21H23ClN2O6. The number of amides is 1. The lowest BCUT2D eigenvalue weighted by Gasteiger charge is -2.34. The number of hydrogen-bond acceptors (Lipinski definition) is 5. The summed E-state index contributed by atoms with van der Waals surface area (Å²) in [5.41, 5.74) is 1.91. The quantitative estimate of drug-likeness (QED) is 0.711. The van der Waals surface area contributed by atoms with E-state index in [4.69, 9.17) is 36.1 Å². The van der Waals surface area contributed by atoms with Gasteiger partial charge in [0.05, 0.1) is 7.11 Å². The van der Waals surface area contributed by atoms with Crippen molar-refractivity contribution in [3.8, 4) is 5.75 Å². The highest BCUT2D eigenvalue weighted by molar-refractivity contribution is 6.31. The predicted octanol–water partition coefficient (Wildman–Crippen LogP) is 2.46. The Bertz CT molecular complexity index is 867. The number of hydrogen-bond donors (Lipinski definition) is 2. The van der Waals surface area contributed by atoms with Crippen molar-refractivity contribution in [2.45, 2.75) is 6.54 Å². The van der Waals surface area contributed by atoms with Crippen LogP contribution in [0.25, 0.3) is 0 Å². The molecular weight excluding hydrogens is 412 g/mol. The summed E-state index contributed by atoms with van der Waals surface area (Å²) in [6.45, 7) is 4.11. The summed E-state index contributed by atoms with van der Waals surface area (Å²) in [5.74, 6) is -2.72. The fourth-order valence-electron chi connectivity index (χ4n) is 2.90. The first kappa shape index (κ1) is 23.2. The molecule has 0 saturated carbocycles. The minimum atomic E-state index is -1.82. The van der Waals surface area contributed by atoms with Crippen LogP contribution < -0.4 is 4.74 Å². The Morgan fingerprint density at radius 2 is 1.57 bits per heavy atom. The highest BCUT2D eigenvalue weighted by Crippen LogP contribution is 2.16. The van der Waals surface area contributed by atoms with E-state index in [2.05, 4.69) is 17.0 Å². The van der Waals surface area contributed by atoms with Crippen LogP contribution in [-0.4, -0.2) is 71.1 Å². The van der Waals surface area contributed by atoms with Crippen molar-refractivity contribution < 1.29 is 29.3 Å². The first-order valence-electron chi connectivity index (χ1n) is 9.16. The number of benzene rings is 2. The Balaban J connectivity index is 0.000000469. The van der Waals surface area contributed by atoms with Crippen LogP contribution in [0.4, 0.5) is 0 Å². The zero-order chi connectivity index (χ0) is 22.1. The first-order valence-corrected chi connectivity index (χ1v) is 9.54. The van der Waals surface area contributed by atoms with E-state index in [9.17, 15) is 4.79 Å². The van der Waals surface area contributed by atoms with E-state index < -0.39 is 11.9 Å². The third kappa shape index (κ3) is 7.06. The van der Waals surface area contributed by atoms with Crippen molar-refractivity contribution >= 4 is 29.4 Å². The van der Waals surface area contributed by atoms with Crippen LogP contribution in [0.1, 0.15) is 15.9 Å². The third-order valence-corrected chi connectivity index (χ3v) is 4.71. The number of halogens is 1. The van der Waals surface area contributed by atoms with Gasteiger partial charge in [0.25, 0.3) is 5.91 Å². The maximum absolute atomic E-state index is 12.5. The summed E-state index contributed by atoms with van der Waals surface area (Å²) < 4.78 is 5.18. The van der Waals surface area contributed by atoms with Gasteiger partial charge in [-0.2, -0.15) is 0 Å². The van der Waals surface area contributed by atoms with Crippen LogP contribution in [0.2, 0.25) is 5.02 Å². The molecule has 2 N–H and O–H groups in total. The molecule has 1 heterocycles. The molecule has 0 radical (unpaired) electrons. The second-order valence-corrected chi connectivity index (χ2v) is 6.97. The Morgan fingerprint density at radius 1 is 0.967 bits per heavy atom. The van der Waals surface area contributed by atoms with Gasteiger partial charge in [-0.3, -0.25) is 9.69 Å². The molecule has 1 fully saturated rings. The average molecular weight is 435 g/mol. The zero-order valence-electron chi connectivity index (χ0n) is 16.5. The molecule has 0 aromatic heterocycles. The van der Waals surface area contributed by atoms with Gasteiger partial charge in [-0.25, -0.2) is 9.59 Å². The van der Waals surface area contributed by atoms with E-state index >= 15 is 0 Å². The Morgan fingerprint density at radius 3 is 2.07 bits per heavy atom. The average Bonchev–Trinajstić information content (AvgIpc) is 2.75. The monoisotopic (exact) mass is 434 g/mol. The minimum absolute atomic E-state index is 0.0570. The maximum Gasteiger partial charge on any atom is 0.414 e. The van der Waals surface area contributed by atoms with Crippen LogP contribution >= 0.6 is 11.6 Å². The molecule has 3 rings (SSSR count). The van der Waals surface area contributed by atoms with E-state index in [0.717, 1.165) is 38.5 Å². The lowest BCUT2D eigenvalue weighted by molar-refractivity contribution is -0.159. The summed E-state index contributed by atoms with van der Waals surface area (Å²) in [6.07, 6.45) is 0. The summed E-state index contributed by atoms with van der Waals surface area (Å²) in [5, 5.41) is 15.4. The molecule has 0 spiro atoms. The number of methoxy groups -OCH3 is 1. The Labute approximate surface area is 179 Å². The number of carboxylic acids is 2. The smallest absolute Gasteiger partial charge is 0.414 e. The first-order chi connectivity index (χ1) is 14.3. The SMILES string of the molecule is COc1ccc(CN2CCN(C(=O)c3cccc(Cl)c3)CC2)cc1.O=C(O)C(=O)O. The van der Waals surface area contributed by atoms with Gasteiger partial charge < -0.3 is 19.8 Å². The van der Waals surface area contributed by atoms with E-state index in [1.54, 1.807) is 19.2 Å². The van der Waals surface area contributed by atoms with Gasteiger partial charge in [0.2, 0.25) is 0 Å². The molecule has 1 aliphatic heterocycles. The normalized spacial score (nSPS) is 13.7. The fraction of sp³-hybridized carbons (Fsp3) is 0.286. The van der Waals surface area contributed by atoms with Crippen molar-refractivity contribution in [2.24, 2.45) is 0 Å². The van der Waals surface area contributed by atoms with E-state index in [1.807, 2.05) is 29.2 Å². The van der Waals surface area contributed by atoms with Crippen molar-refractivity contribution in [3.63, 3.8) is 0 Å². The van der Waals surface area contributed by atoms with Crippen LogP contribution in [0.15, 0.2) is 48.5 Å². The highest BCUT2D eigenvalue weighted by Gasteiger charge is 2.22. The number of aliphatic carboxylic acids is 2. The number of carbonyl (C=O) groups excluding carboxylic acids is 1. The van der Waals surface area contributed by atoms with Gasteiger partial charge in [0, 0.05) is 43.3 Å². The molecule has 0 aliphatic carbocycles. The van der Waals surface area contributed by atoms with Gasteiger partial charge in [-0.15, -0.1) is 0 Å². The molecule has 0 atom stereocenters. The molecule has 8 nitrogen and oxygen atoms in total. The molecule has 9 heteroatoms. The summed E-state index contributed by atoms with van der Waals surface area (Å²) in [4.78, 5) is 35.0. The number of carbonyl (C=O) groups is 3. The lowest BCUT2D eigenvalue weighted by Crippen LogP contribution is -2.48. The van der Waals surface area contributed by atoms with Crippen LogP contribution in [0.3, 0.4) is 0 Å². The number of ether oxygens (including phenoxy) is 1. The molecule has 1 aliphatic rings. The molecule has 0 bridgehead atoms. The third-order valence-electron chi connectivity index (χ3n) is 4.48. The van der Waals surface area contributed by atoms with E-state index in [1.165, 1.54) is 5.56 Å². The highest BCUT2D eigenvalue weighted by atomic mass is 35.5. The standard InChI is InChI=1S/C19H21ClN2O2.C2H2O4/c1-24-18-7-5-15(6-8-18)14-21-9-11-22(12-10-21)19(23)16-3-2-4-17(20)13-16;3-1(4)2(5)6/h2-8,13H,9-12,14H2,1H3;(H,3,4)(H,5,6). The number of nitrogens with zero attached hydrogens (tertiary/aromatic N) is 2. The van der Waals surface area contributed by atoms with Gasteiger partial charge >= 0.3 is 11.9 Å². The van der Waals surface area contributed by atoms with Gasteiger partial charge in [-0.05, 0) is 35.9 Å². The lowest BCUT2D eigenvalue weighted by atomic mass is 10.1. The molecule has 160 valence electrons. The van der Waals surface area contributed by atoms with Crippen molar-refractivity contribution in [1.29, 1.82) is 0 Å². The topological polar surface area (TPSA) is 107 Å². The van der Waals surface area contributed by atoms with Crippen molar-refractivity contribution in [2.75, 3.05) is 33.3 Å². The van der Waals surface area contributed by atoms with Gasteiger partial charge in [-0.1, -0.05) is 29.8 Å². The van der Waals surface area contributed by atoms with E-state index in [-0.39, 0.29) is 5.91 Å². The molecule has 1 amide bonds. The van der Waals surface area contributed by atoms with Crippen LogP contribution in [0.5, 0.6) is 5.75 Å². The second kappa shape index (κ2) is 11.2. The molecule has 2 aromatic carbocycles. The zero-order valence-corrected chi connectivity index (χ0v) is 17.2.